The molecule has 0 saturated carbocycles. The standard InChI is InChI=1S/C18H15P.2ClH.2Pd/c1-4-10-16(11-5-1)19(17-12-6-2-7-13-17)18-14-8-3-9-15-18;;;;/h1-15H;2*1H;;/q;;;;+2/p-2. The predicted octanol–water partition coefficient (Wildman–Crippen LogP) is 4.82. The van der Waals surface area contributed by atoms with Crippen molar-refractivity contribution >= 4 is 42.9 Å². The van der Waals surface area contributed by atoms with Gasteiger partial charge in [-0.3, -0.25) is 0 Å². The molecule has 0 atom stereocenters. The Morgan fingerprint density at radius 2 is 0.739 bits per heavy atom. The molecule has 126 valence electrons. The first-order chi connectivity index (χ1) is 10.9. The number of rotatable bonds is 3. The molecule has 0 aliphatic heterocycles. The molecule has 0 radical (unpaired) electrons. The fourth-order valence-electron chi connectivity index (χ4n) is 2.18. The van der Waals surface area contributed by atoms with Gasteiger partial charge in [-0.1, -0.05) is 91.0 Å². The average molecular weight is 546 g/mol. The van der Waals surface area contributed by atoms with Gasteiger partial charge in [-0.25, -0.2) is 0 Å². The minimum absolute atomic E-state index is 0. The maximum Gasteiger partial charge on any atom is 0 e. The third kappa shape index (κ3) is 6.79. The SMILES string of the molecule is [Cl][Pd][Cl].[Pd].c1ccc(P(c2ccccc2)c2ccccc2)cc1. The van der Waals surface area contributed by atoms with Crippen LogP contribution in [0.15, 0.2) is 91.0 Å². The summed E-state index contributed by atoms with van der Waals surface area (Å²) in [5.41, 5.74) is 0. The third-order valence-electron chi connectivity index (χ3n) is 3.04. The van der Waals surface area contributed by atoms with Crippen LogP contribution in [0.4, 0.5) is 0 Å². The maximum absolute atomic E-state index is 4.81. The number of hydrogen-bond donors (Lipinski definition) is 0. The monoisotopic (exact) mass is 544 g/mol. The number of benzene rings is 3. The zero-order valence-corrected chi connectivity index (χ0v) is 17.5. The van der Waals surface area contributed by atoms with E-state index in [9.17, 15) is 0 Å². The Morgan fingerprint density at radius 1 is 0.522 bits per heavy atom. The van der Waals surface area contributed by atoms with Crippen LogP contribution < -0.4 is 15.9 Å². The Labute approximate surface area is 169 Å². The van der Waals surface area contributed by atoms with Crippen LogP contribution in [0.2, 0.25) is 0 Å². The van der Waals surface area contributed by atoms with Crippen molar-refractivity contribution in [1.82, 2.24) is 0 Å². The van der Waals surface area contributed by atoms with Crippen molar-refractivity contribution in [2.75, 3.05) is 0 Å². The van der Waals surface area contributed by atoms with Crippen LogP contribution in [-0.4, -0.2) is 0 Å². The molecule has 3 aromatic rings. The molecule has 0 bridgehead atoms. The van der Waals surface area contributed by atoms with Gasteiger partial charge >= 0.3 is 35.0 Å². The Bertz CT molecular complexity index is 558. The van der Waals surface area contributed by atoms with Crippen molar-refractivity contribution in [3.63, 3.8) is 0 Å². The molecule has 0 amide bonds. The van der Waals surface area contributed by atoms with Gasteiger partial charge in [0.05, 0.1) is 0 Å². The first kappa shape index (κ1) is 21.0. The van der Waals surface area contributed by atoms with Crippen molar-refractivity contribution in [1.29, 1.82) is 0 Å². The molecule has 3 rings (SSSR count). The van der Waals surface area contributed by atoms with E-state index in [1.807, 2.05) is 0 Å². The van der Waals surface area contributed by atoms with Gasteiger partial charge in [0.1, 0.15) is 0 Å². The fraction of sp³-hybridized carbons (Fsp3) is 0. The number of hydrogen-bond acceptors (Lipinski definition) is 0. The third-order valence-corrected chi connectivity index (χ3v) is 5.49. The summed E-state index contributed by atoms with van der Waals surface area (Å²) in [6.07, 6.45) is 0. The fourth-order valence-corrected chi connectivity index (χ4v) is 4.48. The van der Waals surface area contributed by atoms with Gasteiger partial charge in [0.2, 0.25) is 0 Å². The summed E-state index contributed by atoms with van der Waals surface area (Å²) in [4.78, 5) is 0. The Hall–Kier alpha value is -0.00532. The molecule has 0 N–H and O–H groups in total. The summed E-state index contributed by atoms with van der Waals surface area (Å²) in [6, 6.07) is 32.3. The molecular weight excluding hydrogens is 531 g/mol. The van der Waals surface area contributed by atoms with Crippen LogP contribution in [-0.2, 0) is 36.4 Å². The average Bonchev–Trinajstić information content (AvgIpc) is 2.59. The second-order valence-electron chi connectivity index (χ2n) is 4.39. The van der Waals surface area contributed by atoms with Crippen LogP contribution in [0.1, 0.15) is 0 Å². The summed E-state index contributed by atoms with van der Waals surface area (Å²) in [5, 5.41) is 4.19. The predicted molar refractivity (Wildman–Crippen MR) is 96.9 cm³/mol. The van der Waals surface area contributed by atoms with E-state index in [0.29, 0.717) is 0 Å². The van der Waals surface area contributed by atoms with Crippen molar-refractivity contribution in [2.24, 2.45) is 0 Å². The minimum atomic E-state index is -0.446. The van der Waals surface area contributed by atoms with Gasteiger partial charge in [0.15, 0.2) is 0 Å². The van der Waals surface area contributed by atoms with Gasteiger partial charge in [0, 0.05) is 20.4 Å². The van der Waals surface area contributed by atoms with E-state index in [4.69, 9.17) is 19.1 Å². The Kier molecular flexibility index (Phi) is 11.3. The normalized spacial score (nSPS) is 9.70. The Morgan fingerprint density at radius 3 is 0.957 bits per heavy atom. The molecule has 3 aromatic carbocycles. The molecule has 0 saturated heterocycles. The molecule has 0 heterocycles. The Balaban J connectivity index is 0.000000615. The molecular formula is C18H15Cl2PPd2. The summed E-state index contributed by atoms with van der Waals surface area (Å²) in [6.45, 7) is 0. The molecule has 0 aliphatic rings. The van der Waals surface area contributed by atoms with Crippen molar-refractivity contribution in [2.45, 2.75) is 0 Å². The van der Waals surface area contributed by atoms with Crippen molar-refractivity contribution in [3.8, 4) is 0 Å². The first-order valence-corrected chi connectivity index (χ1v) is 12.0. The summed E-state index contributed by atoms with van der Waals surface area (Å²) in [7, 11) is 9.18. The summed E-state index contributed by atoms with van der Waals surface area (Å²) < 4.78 is 0. The minimum Gasteiger partial charge on any atom is -0.0622 e. The van der Waals surface area contributed by atoms with Crippen molar-refractivity contribution in [3.05, 3.63) is 91.0 Å². The van der Waals surface area contributed by atoms with Gasteiger partial charge in [-0.15, -0.1) is 0 Å². The second-order valence-corrected chi connectivity index (χ2v) is 8.97. The van der Waals surface area contributed by atoms with Gasteiger partial charge in [0.25, 0.3) is 0 Å². The van der Waals surface area contributed by atoms with Gasteiger partial charge in [-0.05, 0) is 23.8 Å². The maximum atomic E-state index is 4.81. The molecule has 0 fully saturated rings. The van der Waals surface area contributed by atoms with Crippen molar-refractivity contribution < 1.29 is 36.4 Å². The van der Waals surface area contributed by atoms with E-state index in [-0.39, 0.29) is 36.4 Å². The van der Waals surface area contributed by atoms with E-state index in [1.54, 1.807) is 0 Å². The molecule has 0 nitrogen and oxygen atoms in total. The van der Waals surface area contributed by atoms with Crippen LogP contribution in [0.25, 0.3) is 0 Å². The largest absolute Gasteiger partial charge is 0.0622 e. The van der Waals surface area contributed by atoms with Crippen LogP contribution in [0.5, 0.6) is 0 Å². The van der Waals surface area contributed by atoms with E-state index >= 15 is 0 Å². The molecule has 0 aliphatic carbocycles. The zero-order chi connectivity index (χ0) is 15.6. The van der Waals surface area contributed by atoms with E-state index < -0.39 is 7.92 Å². The van der Waals surface area contributed by atoms with Gasteiger partial charge in [-0.2, -0.15) is 0 Å². The quantitative estimate of drug-likeness (QED) is 0.327. The first-order valence-electron chi connectivity index (χ1n) is 6.64. The molecule has 5 heteroatoms. The van der Waals surface area contributed by atoms with Gasteiger partial charge < -0.3 is 0 Å². The second kappa shape index (κ2) is 12.4. The van der Waals surface area contributed by atoms with E-state index in [2.05, 4.69) is 91.0 Å². The topological polar surface area (TPSA) is 0 Å². The molecule has 0 unspecified atom stereocenters. The number of halogens is 2. The zero-order valence-electron chi connectivity index (χ0n) is 12.0. The summed E-state index contributed by atoms with van der Waals surface area (Å²) in [5.74, 6) is 0. The van der Waals surface area contributed by atoms with E-state index in [1.165, 1.54) is 15.9 Å². The van der Waals surface area contributed by atoms with E-state index in [0.717, 1.165) is 0 Å². The smallest absolute Gasteiger partial charge is 0 e. The van der Waals surface area contributed by atoms with Crippen LogP contribution in [0.3, 0.4) is 0 Å². The van der Waals surface area contributed by atoms with Crippen LogP contribution >= 0.6 is 27.0 Å². The van der Waals surface area contributed by atoms with Crippen LogP contribution in [0, 0.1) is 0 Å². The molecule has 0 spiro atoms. The molecule has 23 heavy (non-hydrogen) atoms. The summed E-state index contributed by atoms with van der Waals surface area (Å²) >= 11 is -0.106. The molecule has 0 aromatic heterocycles.